The molecule has 0 bridgehead atoms. The Bertz CT molecular complexity index is 1520. The number of methoxy groups -OCH3 is 1. The number of esters is 1. The third-order valence-corrected chi connectivity index (χ3v) is 6.93. The first kappa shape index (κ1) is 34.0. The van der Waals surface area contributed by atoms with Crippen molar-refractivity contribution in [2.45, 2.75) is 38.8 Å². The lowest BCUT2D eigenvalue weighted by molar-refractivity contribution is -0.146. The third kappa shape index (κ3) is 11.2. The van der Waals surface area contributed by atoms with Crippen molar-refractivity contribution in [3.63, 3.8) is 0 Å². The number of unbranched alkanes of at least 4 members (excludes halogenated alkanes) is 2. The highest BCUT2D eigenvalue weighted by Crippen LogP contribution is 2.17. The van der Waals surface area contributed by atoms with Gasteiger partial charge in [0, 0.05) is 50.9 Å². The van der Waals surface area contributed by atoms with Gasteiger partial charge < -0.3 is 34.1 Å². The van der Waals surface area contributed by atoms with Gasteiger partial charge in [-0.05, 0) is 67.6 Å². The van der Waals surface area contributed by atoms with Crippen molar-refractivity contribution < 1.29 is 28.5 Å². The average Bonchev–Trinajstić information content (AvgIpc) is 3.46. The van der Waals surface area contributed by atoms with E-state index in [0.29, 0.717) is 56.6 Å². The Kier molecular flexibility index (Phi) is 13.9. The largest absolute Gasteiger partial charge is 0.494 e. The number of amides is 1. The number of nitrogens with zero attached hydrogens (tertiary/aromatic N) is 5. The molecule has 0 atom stereocenters. The van der Waals surface area contributed by atoms with Crippen molar-refractivity contribution in [2.24, 2.45) is 7.05 Å². The van der Waals surface area contributed by atoms with E-state index in [1.807, 2.05) is 54.1 Å². The normalized spacial score (nSPS) is 10.8. The topological polar surface area (TPSA) is 152 Å². The molecule has 0 aliphatic heterocycles. The van der Waals surface area contributed by atoms with Crippen molar-refractivity contribution in [1.29, 1.82) is 0 Å². The maximum Gasteiger partial charge on any atom is 0.331 e. The zero-order valence-corrected chi connectivity index (χ0v) is 26.3. The van der Waals surface area contributed by atoms with Gasteiger partial charge in [0.25, 0.3) is 5.91 Å². The van der Waals surface area contributed by atoms with E-state index in [1.54, 1.807) is 18.3 Å². The lowest BCUT2D eigenvalue weighted by Gasteiger charge is -2.11. The molecule has 4 rings (SSSR count). The molecule has 46 heavy (non-hydrogen) atoms. The summed E-state index contributed by atoms with van der Waals surface area (Å²) < 4.78 is 23.1. The Balaban J connectivity index is 1.12. The highest BCUT2D eigenvalue weighted by Gasteiger charge is 2.12. The molecule has 0 unspecified atom stereocenters. The van der Waals surface area contributed by atoms with Gasteiger partial charge in [0.05, 0.1) is 20.3 Å². The Morgan fingerprint density at radius 1 is 0.870 bits per heavy atom. The van der Waals surface area contributed by atoms with Gasteiger partial charge in [0.1, 0.15) is 24.4 Å². The summed E-state index contributed by atoms with van der Waals surface area (Å²) in [7, 11) is 3.22. The van der Waals surface area contributed by atoms with Crippen LogP contribution in [0.25, 0.3) is 11.5 Å². The van der Waals surface area contributed by atoms with Gasteiger partial charge in [0.15, 0.2) is 11.6 Å². The standard InChI is InChI=1S/C33H41N7O6/c1-40-30(38-39-32(40)29-13-14-34-24-37-29)22-35-27-11-7-10-26(20-27)33(42)36-21-25-9-6-12-28(19-25)46-18-5-3-4-15-44-16-8-17-45-23-31(41)43-2/h6-7,9-14,19-20,24,35H,3-5,8,15-18,21-23H2,1-2H3,(H,36,42). The minimum Gasteiger partial charge on any atom is -0.494 e. The minimum absolute atomic E-state index is 0.0258. The van der Waals surface area contributed by atoms with Crippen LogP contribution in [0.1, 0.15) is 47.4 Å². The van der Waals surface area contributed by atoms with Crippen molar-refractivity contribution in [3.05, 3.63) is 84.1 Å². The van der Waals surface area contributed by atoms with Gasteiger partial charge >= 0.3 is 5.97 Å². The van der Waals surface area contributed by atoms with Gasteiger partial charge in [-0.25, -0.2) is 14.8 Å². The van der Waals surface area contributed by atoms with Crippen LogP contribution in [0.4, 0.5) is 5.69 Å². The monoisotopic (exact) mass is 631 g/mol. The Hall–Kier alpha value is -4.88. The molecule has 13 heteroatoms. The molecular weight excluding hydrogens is 590 g/mol. The summed E-state index contributed by atoms with van der Waals surface area (Å²) >= 11 is 0. The van der Waals surface area contributed by atoms with Gasteiger partial charge in [0.2, 0.25) is 0 Å². The molecule has 0 radical (unpaired) electrons. The summed E-state index contributed by atoms with van der Waals surface area (Å²) in [6, 6.07) is 16.9. The first-order valence-electron chi connectivity index (χ1n) is 15.2. The first-order valence-corrected chi connectivity index (χ1v) is 15.2. The molecule has 0 saturated heterocycles. The van der Waals surface area contributed by atoms with Crippen LogP contribution in [-0.2, 0) is 39.1 Å². The zero-order chi connectivity index (χ0) is 32.4. The molecule has 0 aliphatic carbocycles. The average molecular weight is 632 g/mol. The number of nitrogens with one attached hydrogen (secondary N) is 2. The van der Waals surface area contributed by atoms with Crippen LogP contribution in [0.5, 0.6) is 5.75 Å². The second-order valence-electron chi connectivity index (χ2n) is 10.4. The van der Waals surface area contributed by atoms with E-state index in [-0.39, 0.29) is 18.5 Å². The predicted molar refractivity (Wildman–Crippen MR) is 171 cm³/mol. The number of aromatic nitrogens is 5. The summed E-state index contributed by atoms with van der Waals surface area (Å²) in [6.45, 7) is 3.13. The van der Waals surface area contributed by atoms with Crippen molar-refractivity contribution in [3.8, 4) is 17.3 Å². The van der Waals surface area contributed by atoms with Gasteiger partial charge in [-0.2, -0.15) is 0 Å². The molecule has 0 saturated carbocycles. The number of rotatable bonds is 20. The van der Waals surface area contributed by atoms with Crippen LogP contribution in [0.15, 0.2) is 67.1 Å². The lowest BCUT2D eigenvalue weighted by atomic mass is 10.1. The fourth-order valence-corrected chi connectivity index (χ4v) is 4.40. The van der Waals surface area contributed by atoms with E-state index in [0.717, 1.165) is 48.5 Å². The Morgan fingerprint density at radius 3 is 2.54 bits per heavy atom. The molecule has 0 fully saturated rings. The molecule has 4 aromatic rings. The highest BCUT2D eigenvalue weighted by molar-refractivity contribution is 5.95. The summed E-state index contributed by atoms with van der Waals surface area (Å²) in [6.07, 6.45) is 6.73. The van der Waals surface area contributed by atoms with E-state index >= 15 is 0 Å². The third-order valence-electron chi connectivity index (χ3n) is 6.93. The molecule has 2 heterocycles. The fourth-order valence-electron chi connectivity index (χ4n) is 4.40. The van der Waals surface area contributed by atoms with E-state index in [1.165, 1.54) is 13.4 Å². The molecule has 2 aromatic carbocycles. The molecule has 0 aliphatic rings. The lowest BCUT2D eigenvalue weighted by Crippen LogP contribution is -2.22. The van der Waals surface area contributed by atoms with Crippen LogP contribution in [-0.4, -0.2) is 76.8 Å². The SMILES string of the molecule is COC(=O)COCCCOCCCCCOc1cccc(CNC(=O)c2cccc(NCc3nnc(-c4ccncn4)n3C)c2)c1. The fraction of sp³-hybridized carbons (Fsp3) is 0.394. The van der Waals surface area contributed by atoms with Crippen LogP contribution in [0, 0.1) is 0 Å². The van der Waals surface area contributed by atoms with Gasteiger partial charge in [-0.1, -0.05) is 18.2 Å². The second kappa shape index (κ2) is 18.8. The first-order chi connectivity index (χ1) is 22.5. The van der Waals surface area contributed by atoms with E-state index < -0.39 is 0 Å². The van der Waals surface area contributed by atoms with Crippen molar-refractivity contribution >= 4 is 17.6 Å². The number of carbonyl (C=O) groups excluding carboxylic acids is 2. The number of ether oxygens (including phenoxy) is 4. The zero-order valence-electron chi connectivity index (χ0n) is 26.3. The van der Waals surface area contributed by atoms with Crippen LogP contribution < -0.4 is 15.4 Å². The predicted octanol–water partition coefficient (Wildman–Crippen LogP) is 3.96. The van der Waals surface area contributed by atoms with E-state index in [4.69, 9.17) is 14.2 Å². The second-order valence-corrected chi connectivity index (χ2v) is 10.4. The maximum atomic E-state index is 12.9. The van der Waals surface area contributed by atoms with Crippen molar-refractivity contribution in [1.82, 2.24) is 30.0 Å². The number of anilines is 1. The van der Waals surface area contributed by atoms with Gasteiger partial charge in [-0.15, -0.1) is 10.2 Å². The molecule has 0 spiro atoms. The van der Waals surface area contributed by atoms with Crippen LogP contribution >= 0.6 is 0 Å². The summed E-state index contributed by atoms with van der Waals surface area (Å²) in [5.41, 5.74) is 2.99. The minimum atomic E-state index is -0.375. The molecule has 13 nitrogen and oxygen atoms in total. The number of benzene rings is 2. The molecule has 1 amide bonds. The Labute approximate surface area is 268 Å². The van der Waals surface area contributed by atoms with Crippen LogP contribution in [0.2, 0.25) is 0 Å². The maximum absolute atomic E-state index is 12.9. The van der Waals surface area contributed by atoms with E-state index in [2.05, 4.69) is 35.5 Å². The van der Waals surface area contributed by atoms with Gasteiger partial charge in [-0.3, -0.25) is 4.79 Å². The summed E-state index contributed by atoms with van der Waals surface area (Å²) in [5.74, 6) is 1.60. The molecule has 2 aromatic heterocycles. The van der Waals surface area contributed by atoms with Crippen LogP contribution in [0.3, 0.4) is 0 Å². The Morgan fingerprint density at radius 2 is 1.70 bits per heavy atom. The molecule has 244 valence electrons. The number of carbonyl (C=O) groups is 2. The smallest absolute Gasteiger partial charge is 0.331 e. The quantitative estimate of drug-likeness (QED) is 0.108. The molecular formula is C33H41N7O6. The molecule has 2 N–H and O–H groups in total. The number of hydrogen-bond donors (Lipinski definition) is 2. The summed E-state index contributed by atoms with van der Waals surface area (Å²) in [4.78, 5) is 32.1. The summed E-state index contributed by atoms with van der Waals surface area (Å²) in [5, 5.41) is 14.8. The van der Waals surface area contributed by atoms with Crippen molar-refractivity contribution in [2.75, 3.05) is 45.5 Å². The van der Waals surface area contributed by atoms with E-state index in [9.17, 15) is 9.59 Å². The number of hydrogen-bond acceptors (Lipinski definition) is 11. The highest BCUT2D eigenvalue weighted by atomic mass is 16.6.